The molecule has 4 aromatic rings. The Morgan fingerprint density at radius 2 is 1.81 bits per heavy atom. The topological polar surface area (TPSA) is 79.7 Å². The van der Waals surface area contributed by atoms with Gasteiger partial charge in [-0.15, -0.1) is 11.3 Å². The third-order valence-corrected chi connectivity index (χ3v) is 9.06. The zero-order valence-corrected chi connectivity index (χ0v) is 23.8. The Morgan fingerprint density at radius 1 is 1.08 bits per heavy atom. The first-order valence-electron chi connectivity index (χ1n) is 11.2. The predicted molar refractivity (Wildman–Crippen MR) is 148 cm³/mol. The number of halogens is 2. The van der Waals surface area contributed by atoms with Gasteiger partial charge < -0.3 is 14.2 Å². The van der Waals surface area contributed by atoms with Gasteiger partial charge in [0.2, 0.25) is 5.75 Å². The molecule has 2 aromatic carbocycles. The molecule has 1 aliphatic rings. The summed E-state index contributed by atoms with van der Waals surface area (Å²) in [7, 11) is 4.61. The minimum Gasteiger partial charge on any atom is -0.493 e. The molecule has 0 bridgehead atoms. The molecule has 0 spiro atoms. The molecule has 0 amide bonds. The highest BCUT2D eigenvalue weighted by Gasteiger charge is 2.32. The lowest BCUT2D eigenvalue weighted by atomic mass is 9.96. The van der Waals surface area contributed by atoms with Gasteiger partial charge in [0.25, 0.3) is 5.56 Å². The van der Waals surface area contributed by atoms with Crippen LogP contribution in [-0.2, 0) is 13.0 Å². The first-order valence-corrected chi connectivity index (χ1v) is 13.7. The van der Waals surface area contributed by atoms with Gasteiger partial charge in [0.05, 0.1) is 47.4 Å². The van der Waals surface area contributed by atoms with Crippen LogP contribution in [-0.4, -0.2) is 41.5 Å². The number of carbonyl (C=O) groups is 1. The highest BCUT2D eigenvalue weighted by Crippen LogP contribution is 2.48. The summed E-state index contributed by atoms with van der Waals surface area (Å²) in [6, 6.07) is 11.5. The fourth-order valence-electron chi connectivity index (χ4n) is 4.52. The van der Waals surface area contributed by atoms with Gasteiger partial charge in [-0.05, 0) is 46.0 Å². The standard InChI is InChI=1S/C26H22Br2N2O5S/c1-33-17-11-15(19(28)22(35-3)21(17)34-2)24-29-25-18(14-9-10-16(27)20(31)23(14)36-25)26(32)30(24)12-13-7-5-4-6-8-13/h4-8,11,16H,9-10,12H2,1-3H3. The molecule has 10 heteroatoms. The number of ketones is 1. The van der Waals surface area contributed by atoms with Crippen molar-refractivity contribution >= 4 is 59.2 Å². The third-order valence-electron chi connectivity index (χ3n) is 6.26. The molecule has 36 heavy (non-hydrogen) atoms. The molecule has 0 saturated carbocycles. The molecular weight excluding hydrogens is 612 g/mol. The van der Waals surface area contributed by atoms with E-state index < -0.39 is 0 Å². The average Bonchev–Trinajstić information content (AvgIpc) is 3.27. The second kappa shape index (κ2) is 9.99. The summed E-state index contributed by atoms with van der Waals surface area (Å²) in [5.74, 6) is 1.73. The summed E-state index contributed by atoms with van der Waals surface area (Å²) in [5, 5.41) is 0.519. The Labute approximate surface area is 228 Å². The lowest BCUT2D eigenvalue weighted by Crippen LogP contribution is -2.26. The fourth-order valence-corrected chi connectivity index (χ4v) is 6.97. The van der Waals surface area contributed by atoms with Crippen molar-refractivity contribution in [2.75, 3.05) is 21.3 Å². The number of aryl methyl sites for hydroxylation is 1. The number of thiophene rings is 1. The van der Waals surface area contributed by atoms with Crippen molar-refractivity contribution < 1.29 is 19.0 Å². The maximum absolute atomic E-state index is 14.1. The number of hydrogen-bond donors (Lipinski definition) is 0. The second-order valence-electron chi connectivity index (χ2n) is 8.28. The van der Waals surface area contributed by atoms with Crippen molar-refractivity contribution in [1.29, 1.82) is 0 Å². The van der Waals surface area contributed by atoms with Gasteiger partial charge in [0, 0.05) is 5.56 Å². The van der Waals surface area contributed by atoms with Crippen molar-refractivity contribution in [2.45, 2.75) is 24.2 Å². The maximum atomic E-state index is 14.1. The molecule has 5 rings (SSSR count). The molecule has 2 aromatic heterocycles. The summed E-state index contributed by atoms with van der Waals surface area (Å²) < 4.78 is 18.9. The van der Waals surface area contributed by atoms with E-state index in [0.717, 1.165) is 11.1 Å². The number of alkyl halides is 1. The van der Waals surface area contributed by atoms with Gasteiger partial charge in [0.1, 0.15) is 10.7 Å². The summed E-state index contributed by atoms with van der Waals surface area (Å²) in [6.07, 6.45) is 1.29. The minimum absolute atomic E-state index is 0.00350. The molecule has 0 radical (unpaired) electrons. The van der Waals surface area contributed by atoms with Gasteiger partial charge in [-0.3, -0.25) is 14.2 Å². The molecule has 0 aliphatic heterocycles. The van der Waals surface area contributed by atoms with Crippen LogP contribution in [0.15, 0.2) is 45.7 Å². The Bertz CT molecular complexity index is 1550. The fraction of sp³-hybridized carbons (Fsp3) is 0.269. The average molecular weight is 634 g/mol. The van der Waals surface area contributed by atoms with E-state index >= 15 is 0 Å². The van der Waals surface area contributed by atoms with Gasteiger partial charge in [-0.25, -0.2) is 4.98 Å². The number of aromatic nitrogens is 2. The van der Waals surface area contributed by atoms with Crippen molar-refractivity contribution in [2.24, 2.45) is 0 Å². The van der Waals surface area contributed by atoms with Crippen LogP contribution in [0.1, 0.15) is 27.2 Å². The Hall–Kier alpha value is -2.69. The van der Waals surface area contributed by atoms with Gasteiger partial charge in [-0.2, -0.15) is 0 Å². The molecule has 1 aliphatic carbocycles. The monoisotopic (exact) mass is 632 g/mol. The number of fused-ring (bicyclic) bond motifs is 3. The number of nitrogens with zero attached hydrogens (tertiary/aromatic N) is 2. The van der Waals surface area contributed by atoms with Crippen LogP contribution in [0.3, 0.4) is 0 Å². The molecule has 2 heterocycles. The van der Waals surface area contributed by atoms with E-state index in [1.165, 1.54) is 32.7 Å². The van der Waals surface area contributed by atoms with E-state index in [4.69, 9.17) is 19.2 Å². The third kappa shape index (κ3) is 4.05. The van der Waals surface area contributed by atoms with Gasteiger partial charge in [-0.1, -0.05) is 46.3 Å². The van der Waals surface area contributed by atoms with Crippen LogP contribution in [0.2, 0.25) is 0 Å². The SMILES string of the molecule is COc1cc(-c2nc3sc4c(c3c(=O)n2Cc2ccccc2)CCC(Br)C4=O)c(Br)c(OC)c1OC. The van der Waals surface area contributed by atoms with Crippen molar-refractivity contribution in [3.05, 3.63) is 67.2 Å². The zero-order chi connectivity index (χ0) is 25.6. The first kappa shape index (κ1) is 25.0. The summed E-state index contributed by atoms with van der Waals surface area (Å²) >= 11 is 8.39. The van der Waals surface area contributed by atoms with Gasteiger partial charge >= 0.3 is 0 Å². The second-order valence-corrected chi connectivity index (χ2v) is 11.2. The highest BCUT2D eigenvalue weighted by atomic mass is 79.9. The maximum Gasteiger partial charge on any atom is 0.263 e. The van der Waals surface area contributed by atoms with E-state index in [1.54, 1.807) is 10.6 Å². The number of ether oxygens (including phenoxy) is 3. The summed E-state index contributed by atoms with van der Waals surface area (Å²) in [5.41, 5.74) is 2.17. The molecule has 186 valence electrons. The smallest absolute Gasteiger partial charge is 0.263 e. The quantitative estimate of drug-likeness (QED) is 0.248. The molecule has 1 atom stereocenters. The van der Waals surface area contributed by atoms with E-state index in [9.17, 15) is 9.59 Å². The minimum atomic E-state index is -0.242. The van der Waals surface area contributed by atoms with Gasteiger partial charge in [0.15, 0.2) is 17.3 Å². The summed E-state index contributed by atoms with van der Waals surface area (Å²) in [6.45, 7) is 0.306. The van der Waals surface area contributed by atoms with Crippen LogP contribution in [0.5, 0.6) is 17.2 Å². The van der Waals surface area contributed by atoms with Crippen LogP contribution in [0.25, 0.3) is 21.6 Å². The number of carbonyl (C=O) groups excluding carboxylic acids is 1. The number of Topliss-reactive ketones (excluding diaryl/α,β-unsaturated/α-hetero) is 1. The van der Waals surface area contributed by atoms with Crippen molar-refractivity contribution in [3.8, 4) is 28.6 Å². The largest absolute Gasteiger partial charge is 0.493 e. The number of benzene rings is 2. The molecule has 0 saturated heterocycles. The van der Waals surface area contributed by atoms with E-state index in [-0.39, 0.29) is 16.2 Å². The predicted octanol–water partition coefficient (Wildman–Crippen LogP) is 5.85. The van der Waals surface area contributed by atoms with Crippen LogP contribution in [0, 0.1) is 0 Å². The highest BCUT2D eigenvalue weighted by molar-refractivity contribution is 9.10. The van der Waals surface area contributed by atoms with E-state index in [0.29, 0.717) is 67.6 Å². The number of methoxy groups -OCH3 is 3. The van der Waals surface area contributed by atoms with Crippen molar-refractivity contribution in [1.82, 2.24) is 9.55 Å². The zero-order valence-electron chi connectivity index (χ0n) is 19.8. The number of rotatable bonds is 6. The van der Waals surface area contributed by atoms with Crippen LogP contribution in [0.4, 0.5) is 0 Å². The number of hydrogen-bond acceptors (Lipinski definition) is 7. The van der Waals surface area contributed by atoms with E-state index in [2.05, 4.69) is 31.9 Å². The van der Waals surface area contributed by atoms with Crippen LogP contribution < -0.4 is 19.8 Å². The first-order chi connectivity index (χ1) is 17.4. The Balaban J connectivity index is 1.85. The van der Waals surface area contributed by atoms with E-state index in [1.807, 2.05) is 30.3 Å². The molecule has 0 fully saturated rings. The molecule has 7 nitrogen and oxygen atoms in total. The Kier molecular flexibility index (Phi) is 6.93. The molecule has 1 unspecified atom stereocenters. The lowest BCUT2D eigenvalue weighted by Gasteiger charge is -2.19. The molecular formula is C26H22Br2N2O5S. The lowest BCUT2D eigenvalue weighted by molar-refractivity contribution is 0.0986. The molecule has 0 N–H and O–H groups in total. The van der Waals surface area contributed by atoms with Crippen LogP contribution >= 0.6 is 43.2 Å². The normalized spacial score (nSPS) is 15.1. The Morgan fingerprint density at radius 3 is 2.47 bits per heavy atom. The summed E-state index contributed by atoms with van der Waals surface area (Å²) in [4.78, 5) is 32.9. The van der Waals surface area contributed by atoms with Crippen molar-refractivity contribution in [3.63, 3.8) is 0 Å².